The zero-order valence-electron chi connectivity index (χ0n) is 10.0. The molecular formula is C14H8BrFN2O2. The number of nitrogens with one attached hydrogen (secondary N) is 1. The van der Waals surface area contributed by atoms with Crippen LogP contribution in [0.15, 0.2) is 40.9 Å². The van der Waals surface area contributed by atoms with Crippen LogP contribution in [0.5, 0.6) is 5.75 Å². The Labute approximate surface area is 122 Å². The molecular weight excluding hydrogens is 327 g/mol. The summed E-state index contributed by atoms with van der Waals surface area (Å²) in [5.41, 5.74) is 0.113. The van der Waals surface area contributed by atoms with Crippen LogP contribution < -0.4 is 5.32 Å². The van der Waals surface area contributed by atoms with Crippen LogP contribution >= 0.6 is 15.9 Å². The SMILES string of the molecule is N#Cc1ccc(NC(=O)c2cc(Br)ccc2O)c(F)c1. The lowest BCUT2D eigenvalue weighted by molar-refractivity contribution is 0.102. The van der Waals surface area contributed by atoms with Crippen molar-refractivity contribution >= 4 is 27.5 Å². The van der Waals surface area contributed by atoms with Crippen molar-refractivity contribution < 1.29 is 14.3 Å². The predicted molar refractivity (Wildman–Crippen MR) is 74.9 cm³/mol. The number of nitriles is 1. The smallest absolute Gasteiger partial charge is 0.259 e. The Kier molecular flexibility index (Phi) is 4.01. The lowest BCUT2D eigenvalue weighted by Crippen LogP contribution is -2.13. The first-order valence-electron chi connectivity index (χ1n) is 5.51. The van der Waals surface area contributed by atoms with Crippen LogP contribution in [0, 0.1) is 17.1 Å². The van der Waals surface area contributed by atoms with Crippen molar-refractivity contribution in [1.29, 1.82) is 5.26 Å². The number of benzene rings is 2. The fourth-order valence-corrected chi connectivity index (χ4v) is 1.93. The molecule has 4 nitrogen and oxygen atoms in total. The largest absolute Gasteiger partial charge is 0.507 e. The summed E-state index contributed by atoms with van der Waals surface area (Å²) < 4.78 is 14.3. The van der Waals surface area contributed by atoms with Gasteiger partial charge in [0.25, 0.3) is 5.91 Å². The summed E-state index contributed by atoms with van der Waals surface area (Å²) in [6.07, 6.45) is 0. The second-order valence-corrected chi connectivity index (χ2v) is 4.84. The highest BCUT2D eigenvalue weighted by molar-refractivity contribution is 9.10. The van der Waals surface area contributed by atoms with Crippen molar-refractivity contribution in [3.63, 3.8) is 0 Å². The highest BCUT2D eigenvalue weighted by Gasteiger charge is 2.14. The fraction of sp³-hybridized carbons (Fsp3) is 0. The van der Waals surface area contributed by atoms with Gasteiger partial charge in [0.05, 0.1) is 22.9 Å². The van der Waals surface area contributed by atoms with Gasteiger partial charge in [0, 0.05) is 4.47 Å². The minimum Gasteiger partial charge on any atom is -0.507 e. The summed E-state index contributed by atoms with van der Waals surface area (Å²) in [5, 5.41) is 20.6. The molecule has 2 rings (SSSR count). The van der Waals surface area contributed by atoms with Crippen LogP contribution in [-0.4, -0.2) is 11.0 Å². The molecule has 1 amide bonds. The molecule has 0 aromatic heterocycles. The summed E-state index contributed by atoms with van der Waals surface area (Å²) in [6, 6.07) is 9.86. The van der Waals surface area contributed by atoms with Gasteiger partial charge in [-0.15, -0.1) is 0 Å². The highest BCUT2D eigenvalue weighted by atomic mass is 79.9. The maximum Gasteiger partial charge on any atom is 0.259 e. The van der Waals surface area contributed by atoms with E-state index in [1.54, 1.807) is 12.1 Å². The molecule has 2 aromatic carbocycles. The molecule has 6 heteroatoms. The van der Waals surface area contributed by atoms with E-state index in [1.165, 1.54) is 24.3 Å². The third kappa shape index (κ3) is 2.95. The molecule has 0 heterocycles. The molecule has 20 heavy (non-hydrogen) atoms. The van der Waals surface area contributed by atoms with Gasteiger partial charge in [-0.1, -0.05) is 15.9 Å². The fourth-order valence-electron chi connectivity index (χ4n) is 1.57. The lowest BCUT2D eigenvalue weighted by Gasteiger charge is -2.08. The van der Waals surface area contributed by atoms with Crippen molar-refractivity contribution in [2.45, 2.75) is 0 Å². The molecule has 0 aliphatic heterocycles. The molecule has 0 bridgehead atoms. The Morgan fingerprint density at radius 1 is 1.30 bits per heavy atom. The molecule has 0 aliphatic carbocycles. The zero-order valence-corrected chi connectivity index (χ0v) is 11.6. The molecule has 0 saturated heterocycles. The van der Waals surface area contributed by atoms with E-state index in [4.69, 9.17) is 5.26 Å². The van der Waals surface area contributed by atoms with Crippen molar-refractivity contribution in [3.05, 3.63) is 57.8 Å². The normalized spacial score (nSPS) is 9.85. The maximum atomic E-state index is 13.7. The molecule has 0 atom stereocenters. The van der Waals surface area contributed by atoms with Gasteiger partial charge in [0.15, 0.2) is 0 Å². The second kappa shape index (κ2) is 5.72. The van der Waals surface area contributed by atoms with Crippen LogP contribution in [0.4, 0.5) is 10.1 Å². The van der Waals surface area contributed by atoms with Crippen molar-refractivity contribution in [2.75, 3.05) is 5.32 Å². The molecule has 0 spiro atoms. The number of phenols is 1. The first-order valence-corrected chi connectivity index (χ1v) is 6.30. The highest BCUT2D eigenvalue weighted by Crippen LogP contribution is 2.24. The number of amides is 1. The van der Waals surface area contributed by atoms with E-state index >= 15 is 0 Å². The summed E-state index contributed by atoms with van der Waals surface area (Å²) in [5.74, 6) is -1.57. The van der Waals surface area contributed by atoms with Gasteiger partial charge in [-0.2, -0.15) is 5.26 Å². The van der Waals surface area contributed by atoms with E-state index in [-0.39, 0.29) is 22.6 Å². The van der Waals surface area contributed by atoms with Gasteiger partial charge in [0.2, 0.25) is 0 Å². The third-order valence-corrected chi connectivity index (χ3v) is 3.04. The first kappa shape index (κ1) is 14.0. The second-order valence-electron chi connectivity index (χ2n) is 3.92. The molecule has 0 saturated carbocycles. The van der Waals surface area contributed by atoms with E-state index in [2.05, 4.69) is 21.2 Å². The topological polar surface area (TPSA) is 73.1 Å². The zero-order chi connectivity index (χ0) is 14.7. The van der Waals surface area contributed by atoms with Gasteiger partial charge in [-0.05, 0) is 36.4 Å². The molecule has 100 valence electrons. The number of hydrogen-bond acceptors (Lipinski definition) is 3. The number of carbonyl (C=O) groups excluding carboxylic acids is 1. The maximum absolute atomic E-state index is 13.7. The number of halogens is 2. The van der Waals surface area contributed by atoms with Crippen LogP contribution in [-0.2, 0) is 0 Å². The van der Waals surface area contributed by atoms with Gasteiger partial charge < -0.3 is 10.4 Å². The average molecular weight is 335 g/mol. The number of aromatic hydroxyl groups is 1. The Morgan fingerprint density at radius 3 is 2.70 bits per heavy atom. The van der Waals surface area contributed by atoms with E-state index in [1.807, 2.05) is 0 Å². The Hall–Kier alpha value is -2.39. The van der Waals surface area contributed by atoms with E-state index in [9.17, 15) is 14.3 Å². The van der Waals surface area contributed by atoms with E-state index < -0.39 is 11.7 Å². The Balaban J connectivity index is 2.28. The van der Waals surface area contributed by atoms with Gasteiger partial charge in [-0.25, -0.2) is 4.39 Å². The molecule has 2 aromatic rings. The molecule has 0 fully saturated rings. The number of phenolic OH excluding ortho intramolecular Hbond substituents is 1. The van der Waals surface area contributed by atoms with Crippen LogP contribution in [0.3, 0.4) is 0 Å². The van der Waals surface area contributed by atoms with Gasteiger partial charge in [-0.3, -0.25) is 4.79 Å². The summed E-state index contributed by atoms with van der Waals surface area (Å²) >= 11 is 3.18. The Bertz CT molecular complexity index is 726. The number of nitrogens with zero attached hydrogens (tertiary/aromatic N) is 1. The third-order valence-electron chi connectivity index (χ3n) is 2.55. The van der Waals surface area contributed by atoms with Gasteiger partial charge >= 0.3 is 0 Å². The minimum atomic E-state index is -0.716. The average Bonchev–Trinajstić information content (AvgIpc) is 2.43. The predicted octanol–water partition coefficient (Wildman–Crippen LogP) is 3.42. The minimum absolute atomic E-state index is 0.0168. The summed E-state index contributed by atoms with van der Waals surface area (Å²) in [7, 11) is 0. The van der Waals surface area contributed by atoms with Gasteiger partial charge in [0.1, 0.15) is 11.6 Å². The van der Waals surface area contributed by atoms with Crippen LogP contribution in [0.1, 0.15) is 15.9 Å². The number of anilines is 1. The monoisotopic (exact) mass is 334 g/mol. The lowest BCUT2D eigenvalue weighted by atomic mass is 10.1. The number of rotatable bonds is 2. The quantitative estimate of drug-likeness (QED) is 0.883. The van der Waals surface area contributed by atoms with Crippen LogP contribution in [0.2, 0.25) is 0 Å². The molecule has 0 aliphatic rings. The van der Waals surface area contributed by atoms with E-state index in [0.717, 1.165) is 6.07 Å². The molecule has 0 unspecified atom stereocenters. The number of hydrogen-bond donors (Lipinski definition) is 2. The number of carbonyl (C=O) groups is 1. The molecule has 2 N–H and O–H groups in total. The first-order chi connectivity index (χ1) is 9.51. The van der Waals surface area contributed by atoms with Crippen LogP contribution in [0.25, 0.3) is 0 Å². The summed E-state index contributed by atoms with van der Waals surface area (Å²) in [4.78, 5) is 12.0. The standard InChI is InChI=1S/C14H8BrFN2O2/c15-9-2-4-13(19)10(6-9)14(20)18-12-3-1-8(7-17)5-11(12)16/h1-6,19H,(H,18,20). The van der Waals surface area contributed by atoms with Crippen molar-refractivity contribution in [1.82, 2.24) is 0 Å². The van der Waals surface area contributed by atoms with Crippen molar-refractivity contribution in [2.24, 2.45) is 0 Å². The van der Waals surface area contributed by atoms with E-state index in [0.29, 0.717) is 4.47 Å². The molecule has 0 radical (unpaired) electrons. The summed E-state index contributed by atoms with van der Waals surface area (Å²) in [6.45, 7) is 0. The van der Waals surface area contributed by atoms with Crippen molar-refractivity contribution in [3.8, 4) is 11.8 Å². The Morgan fingerprint density at radius 2 is 2.05 bits per heavy atom.